The van der Waals surface area contributed by atoms with Crippen molar-refractivity contribution in [3.8, 4) is 0 Å². The molecule has 0 aliphatic heterocycles. The van der Waals surface area contributed by atoms with Crippen molar-refractivity contribution in [1.82, 2.24) is 0 Å². The maximum atomic E-state index is 11.9. The number of hydrogen-bond acceptors (Lipinski definition) is 4. The minimum absolute atomic E-state index is 0.00807. The Labute approximate surface area is 122 Å². The van der Waals surface area contributed by atoms with Gasteiger partial charge >= 0.3 is 11.9 Å². The predicted molar refractivity (Wildman–Crippen MR) is 79.3 cm³/mol. The van der Waals surface area contributed by atoms with Crippen LogP contribution < -0.4 is 0 Å². The molecule has 0 saturated heterocycles. The van der Waals surface area contributed by atoms with Gasteiger partial charge in [0.2, 0.25) is 0 Å². The molecule has 0 heterocycles. The smallest absolute Gasteiger partial charge is 0.337 e. The zero-order valence-electron chi connectivity index (χ0n) is 13.2. The summed E-state index contributed by atoms with van der Waals surface area (Å²) in [7, 11) is 0. The first kappa shape index (κ1) is 18.7. The molecule has 0 amide bonds. The summed E-state index contributed by atoms with van der Waals surface area (Å²) in [5.74, 6) is -0.779. The molecule has 4 heteroatoms. The monoisotopic (exact) mass is 284 g/mol. The fourth-order valence-electron chi connectivity index (χ4n) is 1.38. The molecule has 0 aromatic heterocycles. The molecule has 0 spiro atoms. The van der Waals surface area contributed by atoms with Crippen molar-refractivity contribution in [1.29, 1.82) is 0 Å². The molecule has 1 unspecified atom stereocenters. The molecule has 0 bridgehead atoms. The van der Waals surface area contributed by atoms with E-state index in [1.807, 2.05) is 27.7 Å². The fourth-order valence-corrected chi connectivity index (χ4v) is 1.38. The van der Waals surface area contributed by atoms with E-state index in [0.717, 1.165) is 32.1 Å². The van der Waals surface area contributed by atoms with Gasteiger partial charge in [-0.05, 0) is 19.3 Å². The minimum atomic E-state index is -0.371. The lowest BCUT2D eigenvalue weighted by molar-refractivity contribution is -0.148. The van der Waals surface area contributed by atoms with Gasteiger partial charge in [-0.2, -0.15) is 0 Å². The Morgan fingerprint density at radius 2 is 1.80 bits per heavy atom. The zero-order valence-corrected chi connectivity index (χ0v) is 13.2. The molecule has 116 valence electrons. The van der Waals surface area contributed by atoms with Crippen LogP contribution >= 0.6 is 0 Å². The second-order valence-corrected chi connectivity index (χ2v) is 4.92. The molecule has 4 nitrogen and oxygen atoms in total. The highest BCUT2D eigenvalue weighted by molar-refractivity contribution is 5.89. The van der Waals surface area contributed by atoms with Crippen LogP contribution in [0.25, 0.3) is 0 Å². The van der Waals surface area contributed by atoms with E-state index in [4.69, 9.17) is 9.47 Å². The van der Waals surface area contributed by atoms with Crippen LogP contribution in [0.2, 0.25) is 0 Å². The molecule has 20 heavy (non-hydrogen) atoms. The average Bonchev–Trinajstić information content (AvgIpc) is 2.46. The van der Waals surface area contributed by atoms with Crippen LogP contribution in [-0.4, -0.2) is 25.2 Å². The van der Waals surface area contributed by atoms with Crippen molar-refractivity contribution >= 4 is 11.9 Å². The lowest BCUT2D eigenvalue weighted by atomic mass is 10.1. The van der Waals surface area contributed by atoms with Crippen molar-refractivity contribution in [2.24, 2.45) is 5.92 Å². The maximum absolute atomic E-state index is 11.9. The van der Waals surface area contributed by atoms with Gasteiger partial charge in [0, 0.05) is 0 Å². The van der Waals surface area contributed by atoms with Crippen molar-refractivity contribution < 1.29 is 19.1 Å². The molecule has 0 N–H and O–H groups in total. The first-order valence-electron chi connectivity index (χ1n) is 7.59. The van der Waals surface area contributed by atoms with Gasteiger partial charge in [-0.15, -0.1) is 0 Å². The standard InChI is InChI=1S/C16H28O4/c1-5-8-10-14(16(18)19-11-9-6-2)12-20-15(17)13(4)7-3/h10,13H,5-9,11-12H2,1-4H3. The topological polar surface area (TPSA) is 52.6 Å². The summed E-state index contributed by atoms with van der Waals surface area (Å²) < 4.78 is 10.3. The summed E-state index contributed by atoms with van der Waals surface area (Å²) in [6.45, 7) is 8.24. The van der Waals surface area contributed by atoms with Crippen LogP contribution in [0.15, 0.2) is 11.6 Å². The Morgan fingerprint density at radius 1 is 1.10 bits per heavy atom. The quantitative estimate of drug-likeness (QED) is 0.349. The molecule has 0 radical (unpaired) electrons. The van der Waals surface area contributed by atoms with Crippen LogP contribution in [0.1, 0.15) is 59.8 Å². The third-order valence-corrected chi connectivity index (χ3v) is 3.06. The number of hydrogen-bond donors (Lipinski definition) is 0. The van der Waals surface area contributed by atoms with Gasteiger partial charge in [0.15, 0.2) is 0 Å². The average molecular weight is 284 g/mol. The molecule has 0 rings (SSSR count). The first-order chi connectivity index (χ1) is 9.56. The SMILES string of the molecule is CCCC=C(COC(=O)C(C)CC)C(=O)OCCCC. The van der Waals surface area contributed by atoms with Crippen LogP contribution in [0, 0.1) is 5.92 Å². The van der Waals surface area contributed by atoms with E-state index in [9.17, 15) is 9.59 Å². The Balaban J connectivity index is 4.42. The van der Waals surface area contributed by atoms with Crippen molar-refractivity contribution in [3.05, 3.63) is 11.6 Å². The van der Waals surface area contributed by atoms with E-state index in [0.29, 0.717) is 12.2 Å². The molecule has 0 saturated carbocycles. The third kappa shape index (κ3) is 7.97. The van der Waals surface area contributed by atoms with Gasteiger partial charge in [-0.3, -0.25) is 4.79 Å². The molecule has 0 fully saturated rings. The number of carbonyl (C=O) groups excluding carboxylic acids is 2. The number of unbranched alkanes of at least 4 members (excludes halogenated alkanes) is 2. The predicted octanol–water partition coefficient (Wildman–Crippen LogP) is 3.65. The van der Waals surface area contributed by atoms with Gasteiger partial charge in [-0.25, -0.2) is 4.79 Å². The highest BCUT2D eigenvalue weighted by atomic mass is 16.5. The second kappa shape index (κ2) is 11.5. The number of allylic oxidation sites excluding steroid dienone is 1. The summed E-state index contributed by atoms with van der Waals surface area (Å²) in [6, 6.07) is 0. The number of esters is 2. The Morgan fingerprint density at radius 3 is 2.35 bits per heavy atom. The van der Waals surface area contributed by atoms with Crippen molar-refractivity contribution in [3.63, 3.8) is 0 Å². The van der Waals surface area contributed by atoms with E-state index < -0.39 is 0 Å². The molecule has 1 atom stereocenters. The fraction of sp³-hybridized carbons (Fsp3) is 0.750. The number of carbonyl (C=O) groups is 2. The Kier molecular flexibility index (Phi) is 10.7. The van der Waals surface area contributed by atoms with Crippen LogP contribution in [0.3, 0.4) is 0 Å². The molecule has 0 aromatic rings. The van der Waals surface area contributed by atoms with Gasteiger partial charge in [0.05, 0.1) is 18.1 Å². The van der Waals surface area contributed by atoms with E-state index in [1.54, 1.807) is 6.08 Å². The third-order valence-electron chi connectivity index (χ3n) is 3.06. The van der Waals surface area contributed by atoms with E-state index in [-0.39, 0.29) is 24.5 Å². The van der Waals surface area contributed by atoms with Crippen molar-refractivity contribution in [2.75, 3.05) is 13.2 Å². The van der Waals surface area contributed by atoms with Crippen LogP contribution in [0.4, 0.5) is 0 Å². The maximum Gasteiger partial charge on any atom is 0.337 e. The summed E-state index contributed by atoms with van der Waals surface area (Å²) in [5.41, 5.74) is 0.444. The Bertz CT molecular complexity index is 320. The molecular formula is C16H28O4. The second-order valence-electron chi connectivity index (χ2n) is 4.92. The molecular weight excluding hydrogens is 256 g/mol. The summed E-state index contributed by atoms with van der Waals surface area (Å²) in [6.07, 6.45) is 6.07. The molecule has 0 aliphatic rings. The normalized spacial score (nSPS) is 12.9. The highest BCUT2D eigenvalue weighted by Crippen LogP contribution is 2.08. The lowest BCUT2D eigenvalue weighted by Gasteiger charge is -2.11. The largest absolute Gasteiger partial charge is 0.462 e. The number of ether oxygens (including phenoxy) is 2. The first-order valence-corrected chi connectivity index (χ1v) is 7.59. The zero-order chi connectivity index (χ0) is 15.4. The van der Waals surface area contributed by atoms with Gasteiger partial charge < -0.3 is 9.47 Å². The van der Waals surface area contributed by atoms with E-state index in [1.165, 1.54) is 0 Å². The van der Waals surface area contributed by atoms with Gasteiger partial charge in [-0.1, -0.05) is 46.6 Å². The molecule has 0 aromatic carbocycles. The lowest BCUT2D eigenvalue weighted by Crippen LogP contribution is -2.19. The van der Waals surface area contributed by atoms with Gasteiger partial charge in [0.1, 0.15) is 6.61 Å². The van der Waals surface area contributed by atoms with Crippen LogP contribution in [0.5, 0.6) is 0 Å². The van der Waals surface area contributed by atoms with Crippen molar-refractivity contribution in [2.45, 2.75) is 59.8 Å². The highest BCUT2D eigenvalue weighted by Gasteiger charge is 2.16. The summed E-state index contributed by atoms with van der Waals surface area (Å²) >= 11 is 0. The summed E-state index contributed by atoms with van der Waals surface area (Å²) in [4.78, 5) is 23.5. The van der Waals surface area contributed by atoms with Gasteiger partial charge in [0.25, 0.3) is 0 Å². The minimum Gasteiger partial charge on any atom is -0.462 e. The number of rotatable bonds is 10. The van der Waals surface area contributed by atoms with E-state index >= 15 is 0 Å². The van der Waals surface area contributed by atoms with Crippen LogP contribution in [-0.2, 0) is 19.1 Å². The van der Waals surface area contributed by atoms with E-state index in [2.05, 4.69) is 0 Å². The summed E-state index contributed by atoms with van der Waals surface area (Å²) in [5, 5.41) is 0. The molecule has 0 aliphatic carbocycles. The Hall–Kier alpha value is -1.32.